The average Bonchev–Trinajstić information content (AvgIpc) is 2.38. The fraction of sp³-hybridized carbons (Fsp3) is 0.615. The number of piperidine rings is 1. The highest BCUT2D eigenvalue weighted by Crippen LogP contribution is 2.18. The largest absolute Gasteiger partial charge is 0.357 e. The van der Waals surface area contributed by atoms with Crippen LogP contribution in [0.4, 0.5) is 5.82 Å². The lowest BCUT2D eigenvalue weighted by Crippen LogP contribution is -2.30. The van der Waals surface area contributed by atoms with E-state index in [9.17, 15) is 0 Å². The summed E-state index contributed by atoms with van der Waals surface area (Å²) < 4.78 is 0. The molecule has 0 unspecified atom stereocenters. The minimum Gasteiger partial charge on any atom is -0.357 e. The maximum Gasteiger partial charge on any atom is 0.128 e. The molecule has 0 bridgehead atoms. The fourth-order valence-electron chi connectivity index (χ4n) is 2.14. The molecule has 3 heteroatoms. The number of aromatic nitrogens is 1. The first-order valence-corrected chi connectivity index (χ1v) is 6.30. The van der Waals surface area contributed by atoms with Gasteiger partial charge < -0.3 is 10.2 Å². The molecule has 16 heavy (non-hydrogen) atoms. The molecule has 1 fully saturated rings. The summed E-state index contributed by atoms with van der Waals surface area (Å²) in [5, 5.41) is 3.35. The number of nitrogens with one attached hydrogen (secondary N) is 1. The number of pyridine rings is 1. The van der Waals surface area contributed by atoms with E-state index in [1.807, 2.05) is 6.20 Å². The summed E-state index contributed by atoms with van der Waals surface area (Å²) in [6.45, 7) is 6.42. The second kappa shape index (κ2) is 5.85. The molecule has 1 aromatic heterocycles. The Morgan fingerprint density at radius 3 is 2.88 bits per heavy atom. The minimum absolute atomic E-state index is 0.944. The summed E-state index contributed by atoms with van der Waals surface area (Å²) in [6.07, 6.45) is 5.91. The normalized spacial score (nSPS) is 16.4. The Morgan fingerprint density at radius 1 is 1.31 bits per heavy atom. The van der Waals surface area contributed by atoms with Gasteiger partial charge in [0.2, 0.25) is 0 Å². The molecule has 0 spiro atoms. The molecule has 0 amide bonds. The molecule has 1 aliphatic rings. The van der Waals surface area contributed by atoms with Crippen LogP contribution in [-0.2, 0) is 6.54 Å². The Balaban J connectivity index is 2.02. The summed E-state index contributed by atoms with van der Waals surface area (Å²) in [5.74, 6) is 1.15. The first-order valence-electron chi connectivity index (χ1n) is 6.30. The first-order chi connectivity index (χ1) is 7.90. The molecule has 1 aliphatic heterocycles. The highest BCUT2D eigenvalue weighted by molar-refractivity contribution is 5.41. The summed E-state index contributed by atoms with van der Waals surface area (Å²) in [5.41, 5.74) is 1.33. The predicted molar refractivity (Wildman–Crippen MR) is 67.7 cm³/mol. The molecular weight excluding hydrogens is 198 g/mol. The Labute approximate surface area is 97.9 Å². The summed E-state index contributed by atoms with van der Waals surface area (Å²) in [4.78, 5) is 6.87. The van der Waals surface area contributed by atoms with Crippen molar-refractivity contribution in [2.45, 2.75) is 32.7 Å². The van der Waals surface area contributed by atoms with E-state index in [1.165, 1.54) is 24.8 Å². The van der Waals surface area contributed by atoms with Gasteiger partial charge >= 0.3 is 0 Å². The van der Waals surface area contributed by atoms with Crippen LogP contribution in [0.15, 0.2) is 18.3 Å². The SMILES string of the molecule is CCNCc1ccnc(N2CCCCC2)c1. The van der Waals surface area contributed by atoms with Crippen molar-refractivity contribution in [3.05, 3.63) is 23.9 Å². The van der Waals surface area contributed by atoms with E-state index in [2.05, 4.69) is 34.3 Å². The second-order valence-electron chi connectivity index (χ2n) is 4.35. The van der Waals surface area contributed by atoms with Crippen molar-refractivity contribution < 1.29 is 0 Å². The molecule has 0 aromatic carbocycles. The quantitative estimate of drug-likeness (QED) is 0.841. The lowest BCUT2D eigenvalue weighted by atomic mass is 10.1. The second-order valence-corrected chi connectivity index (χ2v) is 4.35. The highest BCUT2D eigenvalue weighted by atomic mass is 15.2. The van der Waals surface area contributed by atoms with E-state index in [1.54, 1.807) is 0 Å². The van der Waals surface area contributed by atoms with E-state index >= 15 is 0 Å². The molecule has 3 nitrogen and oxygen atoms in total. The molecule has 0 saturated carbocycles. The van der Waals surface area contributed by atoms with E-state index in [-0.39, 0.29) is 0 Å². The standard InChI is InChI=1S/C13H21N3/c1-2-14-11-12-6-7-15-13(10-12)16-8-4-3-5-9-16/h6-7,10,14H,2-5,8-9,11H2,1H3. The zero-order chi connectivity index (χ0) is 11.2. The zero-order valence-corrected chi connectivity index (χ0v) is 10.1. The smallest absolute Gasteiger partial charge is 0.128 e. The van der Waals surface area contributed by atoms with Gasteiger partial charge in [-0.15, -0.1) is 0 Å². The highest BCUT2D eigenvalue weighted by Gasteiger charge is 2.11. The van der Waals surface area contributed by atoms with Crippen molar-refractivity contribution >= 4 is 5.82 Å². The van der Waals surface area contributed by atoms with Crippen LogP contribution in [0.1, 0.15) is 31.7 Å². The topological polar surface area (TPSA) is 28.2 Å². The summed E-state index contributed by atoms with van der Waals surface area (Å²) in [7, 11) is 0. The molecule has 88 valence electrons. The molecule has 1 saturated heterocycles. The van der Waals surface area contributed by atoms with Crippen LogP contribution in [-0.4, -0.2) is 24.6 Å². The van der Waals surface area contributed by atoms with Crippen LogP contribution in [0.3, 0.4) is 0 Å². The first kappa shape index (κ1) is 11.4. The maximum atomic E-state index is 4.47. The van der Waals surface area contributed by atoms with E-state index in [4.69, 9.17) is 0 Å². The van der Waals surface area contributed by atoms with Gasteiger partial charge in [-0.2, -0.15) is 0 Å². The molecule has 0 atom stereocenters. The van der Waals surface area contributed by atoms with Crippen LogP contribution in [0.5, 0.6) is 0 Å². The van der Waals surface area contributed by atoms with Crippen LogP contribution in [0.25, 0.3) is 0 Å². The van der Waals surface area contributed by atoms with Crippen LogP contribution >= 0.6 is 0 Å². The third-order valence-corrected chi connectivity index (χ3v) is 3.07. The van der Waals surface area contributed by atoms with E-state index in [0.29, 0.717) is 0 Å². The van der Waals surface area contributed by atoms with E-state index in [0.717, 1.165) is 32.0 Å². The maximum absolute atomic E-state index is 4.47. The Morgan fingerprint density at radius 2 is 2.12 bits per heavy atom. The third kappa shape index (κ3) is 2.95. The van der Waals surface area contributed by atoms with Crippen molar-refractivity contribution in [1.29, 1.82) is 0 Å². The number of anilines is 1. The lowest BCUT2D eigenvalue weighted by molar-refractivity contribution is 0.573. The zero-order valence-electron chi connectivity index (χ0n) is 10.1. The van der Waals surface area contributed by atoms with Gasteiger partial charge in [-0.05, 0) is 43.5 Å². The van der Waals surface area contributed by atoms with Gasteiger partial charge in [-0.1, -0.05) is 6.92 Å². The number of hydrogen-bond donors (Lipinski definition) is 1. The minimum atomic E-state index is 0.944. The molecule has 0 radical (unpaired) electrons. The fourth-order valence-corrected chi connectivity index (χ4v) is 2.14. The number of nitrogens with zero attached hydrogens (tertiary/aromatic N) is 2. The molecule has 1 N–H and O–H groups in total. The Hall–Kier alpha value is -1.09. The van der Waals surface area contributed by atoms with Gasteiger partial charge in [0.05, 0.1) is 0 Å². The lowest BCUT2D eigenvalue weighted by Gasteiger charge is -2.27. The third-order valence-electron chi connectivity index (χ3n) is 3.07. The number of hydrogen-bond acceptors (Lipinski definition) is 3. The molecular formula is C13H21N3. The Bertz CT molecular complexity index is 319. The van der Waals surface area contributed by atoms with Gasteiger partial charge in [0.25, 0.3) is 0 Å². The number of rotatable bonds is 4. The van der Waals surface area contributed by atoms with Gasteiger partial charge in [-0.25, -0.2) is 4.98 Å². The molecule has 0 aliphatic carbocycles. The van der Waals surface area contributed by atoms with Crippen molar-refractivity contribution in [1.82, 2.24) is 10.3 Å². The molecule has 2 heterocycles. The van der Waals surface area contributed by atoms with Gasteiger partial charge in [0.15, 0.2) is 0 Å². The molecule has 1 aromatic rings. The van der Waals surface area contributed by atoms with Gasteiger partial charge in [0, 0.05) is 25.8 Å². The Kier molecular flexibility index (Phi) is 4.17. The van der Waals surface area contributed by atoms with Crippen molar-refractivity contribution in [2.24, 2.45) is 0 Å². The van der Waals surface area contributed by atoms with Crippen LogP contribution in [0.2, 0.25) is 0 Å². The van der Waals surface area contributed by atoms with Crippen molar-refractivity contribution in [3.8, 4) is 0 Å². The van der Waals surface area contributed by atoms with Crippen molar-refractivity contribution in [2.75, 3.05) is 24.5 Å². The predicted octanol–water partition coefficient (Wildman–Crippen LogP) is 2.18. The van der Waals surface area contributed by atoms with Crippen molar-refractivity contribution in [3.63, 3.8) is 0 Å². The van der Waals surface area contributed by atoms with Crippen LogP contribution < -0.4 is 10.2 Å². The molecule has 2 rings (SSSR count). The average molecular weight is 219 g/mol. The van der Waals surface area contributed by atoms with Gasteiger partial charge in [0.1, 0.15) is 5.82 Å². The van der Waals surface area contributed by atoms with Gasteiger partial charge in [-0.3, -0.25) is 0 Å². The monoisotopic (exact) mass is 219 g/mol. The summed E-state index contributed by atoms with van der Waals surface area (Å²) in [6, 6.07) is 4.31. The van der Waals surface area contributed by atoms with Crippen LogP contribution in [0, 0.1) is 0 Å². The van der Waals surface area contributed by atoms with E-state index < -0.39 is 0 Å². The summed E-state index contributed by atoms with van der Waals surface area (Å²) >= 11 is 0.